The van der Waals surface area contributed by atoms with E-state index in [0.717, 1.165) is 37.2 Å². The Balaban J connectivity index is 1.42. The van der Waals surface area contributed by atoms with Gasteiger partial charge in [-0.1, -0.05) is 12.1 Å². The summed E-state index contributed by atoms with van der Waals surface area (Å²) in [5.74, 6) is -0.337. The fourth-order valence-corrected chi connectivity index (χ4v) is 4.80. The van der Waals surface area contributed by atoms with Crippen LogP contribution in [0.2, 0.25) is 0 Å². The van der Waals surface area contributed by atoms with E-state index in [1.807, 2.05) is 18.2 Å². The SMILES string of the molecule is COCC(=O)N1CCc2c(nc3cc([C@H]4CCCN4Cc4ccc(F)cc4)[nH]n3c2=O)C1. The van der Waals surface area contributed by atoms with E-state index in [2.05, 4.69) is 10.00 Å². The number of ether oxygens (including phenoxy) is 1. The van der Waals surface area contributed by atoms with Crippen LogP contribution < -0.4 is 5.56 Å². The number of rotatable bonds is 5. The quantitative estimate of drug-likeness (QED) is 0.658. The van der Waals surface area contributed by atoms with Crippen LogP contribution in [0.25, 0.3) is 5.65 Å². The van der Waals surface area contributed by atoms with Crippen molar-refractivity contribution in [2.24, 2.45) is 0 Å². The molecule has 1 N–H and O–H groups in total. The zero-order valence-electron chi connectivity index (χ0n) is 18.0. The summed E-state index contributed by atoms with van der Waals surface area (Å²) in [7, 11) is 1.49. The molecule has 1 amide bonds. The molecule has 0 bridgehead atoms. The normalized spacial score (nSPS) is 18.9. The number of nitrogens with zero attached hydrogens (tertiary/aromatic N) is 4. The number of nitrogens with one attached hydrogen (secondary N) is 1. The van der Waals surface area contributed by atoms with Crippen molar-refractivity contribution in [1.29, 1.82) is 0 Å². The number of methoxy groups -OCH3 is 1. The summed E-state index contributed by atoms with van der Waals surface area (Å²) >= 11 is 0. The Bertz CT molecular complexity index is 1200. The maximum Gasteiger partial charge on any atom is 0.276 e. The van der Waals surface area contributed by atoms with Crippen LogP contribution in [-0.2, 0) is 29.0 Å². The smallest absolute Gasteiger partial charge is 0.276 e. The summed E-state index contributed by atoms with van der Waals surface area (Å²) in [6, 6.07) is 8.67. The Morgan fingerprint density at radius 3 is 2.88 bits per heavy atom. The van der Waals surface area contributed by atoms with Crippen LogP contribution in [0.4, 0.5) is 4.39 Å². The van der Waals surface area contributed by atoms with E-state index in [9.17, 15) is 14.0 Å². The summed E-state index contributed by atoms with van der Waals surface area (Å²) in [5, 5.41) is 3.27. The highest BCUT2D eigenvalue weighted by Crippen LogP contribution is 2.33. The first kappa shape index (κ1) is 20.8. The Kier molecular flexibility index (Phi) is 5.52. The summed E-state index contributed by atoms with van der Waals surface area (Å²) in [5.41, 5.74) is 3.79. The molecule has 0 unspecified atom stereocenters. The van der Waals surface area contributed by atoms with Gasteiger partial charge in [0.15, 0.2) is 5.65 Å². The fraction of sp³-hybridized carbons (Fsp3) is 0.435. The second-order valence-electron chi connectivity index (χ2n) is 8.50. The molecule has 1 atom stereocenters. The Morgan fingerprint density at radius 2 is 2.09 bits per heavy atom. The summed E-state index contributed by atoms with van der Waals surface area (Å²) < 4.78 is 19.7. The van der Waals surface area contributed by atoms with Crippen molar-refractivity contribution in [2.45, 2.75) is 38.4 Å². The number of aromatic nitrogens is 3. The van der Waals surface area contributed by atoms with Gasteiger partial charge in [-0.3, -0.25) is 19.6 Å². The standard InChI is InChI=1S/C23H26FN5O3/c1-32-14-22(30)28-10-8-17-19(13-28)25-21-11-18(26-29(21)23(17)31)20-3-2-9-27(20)12-15-4-6-16(24)7-5-15/h4-7,11,20,26H,2-3,8-10,12-14H2,1H3/t20-/m1/s1. The Hall–Kier alpha value is -3.04. The third-order valence-electron chi connectivity index (χ3n) is 6.43. The number of benzene rings is 1. The molecule has 2 aromatic heterocycles. The van der Waals surface area contributed by atoms with Crippen molar-refractivity contribution in [3.05, 3.63) is 69.0 Å². The van der Waals surface area contributed by atoms with Gasteiger partial charge in [-0.15, -0.1) is 0 Å². The number of amides is 1. The van der Waals surface area contributed by atoms with Crippen molar-refractivity contribution in [2.75, 3.05) is 26.8 Å². The van der Waals surface area contributed by atoms with Gasteiger partial charge in [0.2, 0.25) is 5.91 Å². The van der Waals surface area contributed by atoms with Crippen molar-refractivity contribution < 1.29 is 13.9 Å². The number of aromatic amines is 1. The molecule has 0 spiro atoms. The number of carbonyl (C=O) groups excluding carboxylic acids is 1. The first-order valence-corrected chi connectivity index (χ1v) is 10.9. The zero-order valence-corrected chi connectivity index (χ0v) is 18.0. The lowest BCUT2D eigenvalue weighted by Crippen LogP contribution is -2.41. The topological polar surface area (TPSA) is 82.9 Å². The van der Waals surface area contributed by atoms with Gasteiger partial charge in [0.1, 0.15) is 12.4 Å². The zero-order chi connectivity index (χ0) is 22.2. The van der Waals surface area contributed by atoms with E-state index >= 15 is 0 Å². The summed E-state index contributed by atoms with van der Waals surface area (Å²) in [6.07, 6.45) is 2.51. The second-order valence-corrected chi connectivity index (χ2v) is 8.50. The molecule has 3 aromatic rings. The molecule has 9 heteroatoms. The van der Waals surface area contributed by atoms with Gasteiger partial charge in [0, 0.05) is 31.8 Å². The predicted octanol–water partition coefficient (Wildman–Crippen LogP) is 2.03. The Morgan fingerprint density at radius 1 is 1.28 bits per heavy atom. The maximum atomic E-state index is 13.2. The number of carbonyl (C=O) groups is 1. The fourth-order valence-electron chi connectivity index (χ4n) is 4.80. The van der Waals surface area contributed by atoms with Crippen LogP contribution in [0.3, 0.4) is 0 Å². The van der Waals surface area contributed by atoms with Crippen LogP contribution in [0.1, 0.15) is 41.4 Å². The number of H-pyrrole nitrogens is 1. The predicted molar refractivity (Wildman–Crippen MR) is 116 cm³/mol. The molecule has 5 rings (SSSR count). The largest absolute Gasteiger partial charge is 0.375 e. The average Bonchev–Trinajstić information content (AvgIpc) is 3.42. The summed E-state index contributed by atoms with van der Waals surface area (Å²) in [6.45, 7) is 2.49. The highest BCUT2D eigenvalue weighted by atomic mass is 19.1. The van der Waals surface area contributed by atoms with Crippen LogP contribution in [-0.4, -0.2) is 57.1 Å². The van der Waals surface area contributed by atoms with Gasteiger partial charge in [0.05, 0.1) is 24.0 Å². The average molecular weight is 439 g/mol. The van der Waals surface area contributed by atoms with Crippen LogP contribution >= 0.6 is 0 Å². The highest BCUT2D eigenvalue weighted by molar-refractivity contribution is 5.77. The van der Waals surface area contributed by atoms with Gasteiger partial charge in [0.25, 0.3) is 5.56 Å². The molecular weight excluding hydrogens is 413 g/mol. The number of fused-ring (bicyclic) bond motifs is 2. The first-order valence-electron chi connectivity index (χ1n) is 10.9. The molecule has 8 nitrogen and oxygen atoms in total. The van der Waals surface area contributed by atoms with E-state index in [1.54, 1.807) is 4.90 Å². The number of likely N-dealkylation sites (tertiary alicyclic amines) is 1. The van der Waals surface area contributed by atoms with Crippen molar-refractivity contribution in [1.82, 2.24) is 24.4 Å². The minimum absolute atomic E-state index is 0.0242. The molecule has 1 aromatic carbocycles. The first-order chi connectivity index (χ1) is 15.5. The highest BCUT2D eigenvalue weighted by Gasteiger charge is 2.29. The van der Waals surface area contributed by atoms with Crippen LogP contribution in [0.5, 0.6) is 0 Å². The van der Waals surface area contributed by atoms with E-state index in [0.29, 0.717) is 36.4 Å². The van der Waals surface area contributed by atoms with E-state index < -0.39 is 0 Å². The van der Waals surface area contributed by atoms with Crippen molar-refractivity contribution in [3.8, 4) is 0 Å². The second kappa shape index (κ2) is 8.48. The molecule has 2 aliphatic heterocycles. The lowest BCUT2D eigenvalue weighted by atomic mass is 10.1. The van der Waals surface area contributed by atoms with E-state index in [4.69, 9.17) is 9.72 Å². The molecule has 0 radical (unpaired) electrons. The van der Waals surface area contributed by atoms with Crippen molar-refractivity contribution in [3.63, 3.8) is 0 Å². The lowest BCUT2D eigenvalue weighted by molar-refractivity contribution is -0.136. The lowest BCUT2D eigenvalue weighted by Gasteiger charge is -2.27. The van der Waals surface area contributed by atoms with Gasteiger partial charge in [-0.05, 0) is 43.5 Å². The van der Waals surface area contributed by atoms with Crippen molar-refractivity contribution >= 4 is 11.6 Å². The molecule has 1 saturated heterocycles. The van der Waals surface area contributed by atoms with Gasteiger partial charge in [-0.2, -0.15) is 0 Å². The molecule has 0 saturated carbocycles. The van der Waals surface area contributed by atoms with Gasteiger partial charge >= 0.3 is 0 Å². The number of hydrogen-bond acceptors (Lipinski definition) is 5. The molecule has 2 aliphatic rings. The van der Waals surface area contributed by atoms with Crippen LogP contribution in [0, 0.1) is 5.82 Å². The minimum atomic E-state index is -0.237. The molecule has 1 fully saturated rings. The minimum Gasteiger partial charge on any atom is -0.375 e. The van der Waals surface area contributed by atoms with Gasteiger partial charge < -0.3 is 9.64 Å². The molecule has 168 valence electrons. The third-order valence-corrected chi connectivity index (χ3v) is 6.43. The molecule has 0 aliphatic carbocycles. The molecule has 4 heterocycles. The maximum absolute atomic E-state index is 13.2. The Labute approximate surface area is 184 Å². The van der Waals surface area contributed by atoms with E-state index in [1.165, 1.54) is 23.8 Å². The third kappa shape index (κ3) is 3.82. The molecule has 32 heavy (non-hydrogen) atoms. The summed E-state index contributed by atoms with van der Waals surface area (Å²) in [4.78, 5) is 34.1. The van der Waals surface area contributed by atoms with E-state index in [-0.39, 0.29) is 29.9 Å². The van der Waals surface area contributed by atoms with Crippen LogP contribution in [0.15, 0.2) is 35.1 Å². The monoisotopic (exact) mass is 439 g/mol. The van der Waals surface area contributed by atoms with Gasteiger partial charge in [-0.25, -0.2) is 13.9 Å². The molecular formula is C23H26FN5O3. The number of halogens is 1. The number of hydrogen-bond donors (Lipinski definition) is 1.